The van der Waals surface area contributed by atoms with Gasteiger partial charge >= 0.3 is 0 Å². The maximum atomic E-state index is 12.3. The molecule has 2 aromatic carbocycles. The largest absolute Gasteiger partial charge is 0.388 e. The molecule has 2 aromatic rings. The van der Waals surface area contributed by atoms with Gasteiger partial charge in [0.1, 0.15) is 12.2 Å². The van der Waals surface area contributed by atoms with E-state index in [0.717, 1.165) is 0 Å². The van der Waals surface area contributed by atoms with Crippen molar-refractivity contribution in [2.24, 2.45) is 0 Å². The molecule has 2 atom stereocenters. The lowest BCUT2D eigenvalue weighted by molar-refractivity contribution is -0.119. The van der Waals surface area contributed by atoms with E-state index >= 15 is 0 Å². The number of fused-ring (bicyclic) bond motifs is 3. The number of hydrogen-bond donors (Lipinski definition) is 3. The number of amides is 1. The number of hydrogen-bond acceptors (Lipinski definition) is 5. The van der Waals surface area contributed by atoms with E-state index in [4.69, 9.17) is 0 Å². The molecule has 0 saturated heterocycles. The number of Topliss-reactive ketones (excluding diaryl/α,β-unsaturated/α-hetero) is 2. The lowest BCUT2D eigenvalue weighted by Crippen LogP contribution is -2.34. The quantitative estimate of drug-likeness (QED) is 0.728. The third-order valence-electron chi connectivity index (χ3n) is 4.22. The minimum atomic E-state index is -1.24. The molecular formula is C19H17NO5. The SMILES string of the molecule is CC(=O)NCC(O)C(O)c1ccc2c(c1)-c1ccccc1C(=O)C2=O. The third kappa shape index (κ3) is 3.09. The molecule has 0 saturated carbocycles. The molecule has 0 fully saturated rings. The predicted molar refractivity (Wildman–Crippen MR) is 90.2 cm³/mol. The normalized spacial score (nSPS) is 15.2. The Labute approximate surface area is 144 Å². The second kappa shape index (κ2) is 6.58. The number of aliphatic hydroxyl groups excluding tert-OH is 2. The molecule has 0 spiro atoms. The second-order valence-corrected chi connectivity index (χ2v) is 5.96. The lowest BCUT2D eigenvalue weighted by atomic mass is 9.82. The van der Waals surface area contributed by atoms with E-state index in [1.165, 1.54) is 19.1 Å². The standard InChI is InChI=1S/C19H17NO5/c1-10(21)20-9-16(22)17(23)11-6-7-14-15(8-11)12-4-2-3-5-13(12)18(24)19(14)25/h2-8,16-17,22-23H,9H2,1H3,(H,20,21). The van der Waals surface area contributed by atoms with Gasteiger partial charge in [0.2, 0.25) is 17.5 Å². The first-order valence-electron chi connectivity index (χ1n) is 7.83. The van der Waals surface area contributed by atoms with Crippen molar-refractivity contribution in [2.75, 3.05) is 6.54 Å². The van der Waals surface area contributed by atoms with Gasteiger partial charge in [0.15, 0.2) is 0 Å². The fraction of sp³-hybridized carbons (Fsp3) is 0.211. The van der Waals surface area contributed by atoms with Crippen LogP contribution in [0.25, 0.3) is 11.1 Å². The van der Waals surface area contributed by atoms with Gasteiger partial charge in [0.25, 0.3) is 0 Å². The van der Waals surface area contributed by atoms with Crippen LogP contribution in [0.3, 0.4) is 0 Å². The molecule has 1 amide bonds. The summed E-state index contributed by atoms with van der Waals surface area (Å²) in [4.78, 5) is 35.4. The summed E-state index contributed by atoms with van der Waals surface area (Å²) in [5.74, 6) is -1.45. The first-order valence-corrected chi connectivity index (χ1v) is 7.83. The summed E-state index contributed by atoms with van der Waals surface area (Å²) < 4.78 is 0. The van der Waals surface area contributed by atoms with Crippen LogP contribution in [0.1, 0.15) is 39.3 Å². The zero-order valence-electron chi connectivity index (χ0n) is 13.5. The van der Waals surface area contributed by atoms with Crippen LogP contribution in [0.15, 0.2) is 42.5 Å². The van der Waals surface area contributed by atoms with Crippen LogP contribution < -0.4 is 5.32 Å². The fourth-order valence-corrected chi connectivity index (χ4v) is 2.91. The van der Waals surface area contributed by atoms with E-state index in [9.17, 15) is 24.6 Å². The summed E-state index contributed by atoms with van der Waals surface area (Å²) in [6.07, 6.45) is -2.44. The molecule has 2 unspecified atom stereocenters. The van der Waals surface area contributed by atoms with Crippen LogP contribution in [0, 0.1) is 0 Å². The Hall–Kier alpha value is -2.83. The average Bonchev–Trinajstić information content (AvgIpc) is 2.63. The Morgan fingerprint density at radius 2 is 1.56 bits per heavy atom. The van der Waals surface area contributed by atoms with E-state index in [2.05, 4.69) is 5.32 Å². The van der Waals surface area contributed by atoms with Gasteiger partial charge in [-0.3, -0.25) is 14.4 Å². The molecule has 0 radical (unpaired) electrons. The number of benzene rings is 2. The highest BCUT2D eigenvalue weighted by Crippen LogP contribution is 2.35. The average molecular weight is 339 g/mol. The Morgan fingerprint density at radius 3 is 2.20 bits per heavy atom. The van der Waals surface area contributed by atoms with Crippen LogP contribution in [0.2, 0.25) is 0 Å². The molecule has 0 aromatic heterocycles. The Morgan fingerprint density at radius 1 is 0.960 bits per heavy atom. The molecule has 1 aliphatic carbocycles. The predicted octanol–water partition coefficient (Wildman–Crippen LogP) is 1.26. The van der Waals surface area contributed by atoms with Crippen LogP contribution in [0.4, 0.5) is 0 Å². The summed E-state index contributed by atoms with van der Waals surface area (Å²) >= 11 is 0. The number of aliphatic hydroxyl groups is 2. The number of carbonyl (C=O) groups excluding carboxylic acids is 3. The van der Waals surface area contributed by atoms with Crippen molar-refractivity contribution < 1.29 is 24.6 Å². The fourth-order valence-electron chi connectivity index (χ4n) is 2.91. The van der Waals surface area contributed by atoms with Gasteiger partial charge < -0.3 is 15.5 Å². The molecule has 0 bridgehead atoms. The summed E-state index contributed by atoms with van der Waals surface area (Å²) in [6, 6.07) is 11.4. The summed E-state index contributed by atoms with van der Waals surface area (Å²) in [6.45, 7) is 1.22. The Bertz CT molecular complexity index is 874. The first-order chi connectivity index (χ1) is 11.9. The monoisotopic (exact) mass is 339 g/mol. The van der Waals surface area contributed by atoms with E-state index in [-0.39, 0.29) is 18.0 Å². The van der Waals surface area contributed by atoms with Gasteiger partial charge in [-0.1, -0.05) is 30.3 Å². The van der Waals surface area contributed by atoms with E-state index in [0.29, 0.717) is 22.3 Å². The zero-order chi connectivity index (χ0) is 18.1. The Balaban J connectivity index is 1.99. The summed E-state index contributed by atoms with van der Waals surface area (Å²) in [7, 11) is 0. The maximum absolute atomic E-state index is 12.3. The third-order valence-corrected chi connectivity index (χ3v) is 4.22. The topological polar surface area (TPSA) is 104 Å². The molecule has 25 heavy (non-hydrogen) atoms. The molecule has 128 valence electrons. The second-order valence-electron chi connectivity index (χ2n) is 5.96. The van der Waals surface area contributed by atoms with E-state index < -0.39 is 23.8 Å². The van der Waals surface area contributed by atoms with Gasteiger partial charge in [0, 0.05) is 24.6 Å². The van der Waals surface area contributed by atoms with Crippen molar-refractivity contribution in [2.45, 2.75) is 19.1 Å². The van der Waals surface area contributed by atoms with Crippen LogP contribution >= 0.6 is 0 Å². The van der Waals surface area contributed by atoms with Crippen molar-refractivity contribution >= 4 is 17.5 Å². The highest BCUT2D eigenvalue weighted by Gasteiger charge is 2.31. The molecule has 1 aliphatic rings. The maximum Gasteiger partial charge on any atom is 0.234 e. The minimum absolute atomic E-state index is 0.0956. The van der Waals surface area contributed by atoms with Crippen molar-refractivity contribution in [1.29, 1.82) is 0 Å². The highest BCUT2D eigenvalue weighted by molar-refractivity contribution is 6.52. The lowest BCUT2D eigenvalue weighted by Gasteiger charge is -2.22. The van der Waals surface area contributed by atoms with Crippen LogP contribution in [0.5, 0.6) is 0 Å². The molecule has 6 heteroatoms. The molecule has 0 heterocycles. The number of nitrogens with one attached hydrogen (secondary N) is 1. The molecule has 3 N–H and O–H groups in total. The summed E-state index contributed by atoms with van der Waals surface area (Å²) in [5.41, 5.74) is 2.16. The highest BCUT2D eigenvalue weighted by atomic mass is 16.3. The molecule has 6 nitrogen and oxygen atoms in total. The molecule has 0 aliphatic heterocycles. The van der Waals surface area contributed by atoms with Gasteiger partial charge in [-0.05, 0) is 28.8 Å². The van der Waals surface area contributed by atoms with Crippen molar-refractivity contribution in [3.63, 3.8) is 0 Å². The minimum Gasteiger partial charge on any atom is -0.388 e. The van der Waals surface area contributed by atoms with Crippen molar-refractivity contribution in [3.8, 4) is 11.1 Å². The van der Waals surface area contributed by atoms with Crippen molar-refractivity contribution in [3.05, 3.63) is 59.2 Å². The summed E-state index contributed by atoms with van der Waals surface area (Å²) in [5, 5.41) is 22.8. The number of carbonyl (C=O) groups is 3. The molecule has 3 rings (SSSR count). The van der Waals surface area contributed by atoms with Gasteiger partial charge in [-0.15, -0.1) is 0 Å². The van der Waals surface area contributed by atoms with Crippen LogP contribution in [-0.4, -0.2) is 40.3 Å². The van der Waals surface area contributed by atoms with Gasteiger partial charge in [0.05, 0.1) is 0 Å². The Kier molecular flexibility index (Phi) is 4.48. The zero-order valence-corrected chi connectivity index (χ0v) is 13.5. The smallest absolute Gasteiger partial charge is 0.234 e. The number of rotatable bonds is 4. The molecular weight excluding hydrogens is 322 g/mol. The number of ketones is 2. The van der Waals surface area contributed by atoms with Gasteiger partial charge in [-0.25, -0.2) is 0 Å². The first kappa shape index (κ1) is 17.0. The van der Waals surface area contributed by atoms with Crippen LogP contribution in [-0.2, 0) is 4.79 Å². The van der Waals surface area contributed by atoms with E-state index in [1.54, 1.807) is 30.3 Å². The van der Waals surface area contributed by atoms with E-state index in [1.807, 2.05) is 0 Å². The van der Waals surface area contributed by atoms with Gasteiger partial charge in [-0.2, -0.15) is 0 Å². The van der Waals surface area contributed by atoms with Crippen molar-refractivity contribution in [1.82, 2.24) is 5.32 Å².